The zero-order chi connectivity index (χ0) is 16.8. The minimum absolute atomic E-state index is 0.568. The Balaban J connectivity index is 1.72. The first kappa shape index (κ1) is 17.8. The number of nitrogens with one attached hydrogen (secondary N) is 2. The molecule has 0 bridgehead atoms. The number of fused-ring (bicyclic) bond motifs is 1. The number of hydrogen-bond acceptors (Lipinski definition) is 2. The van der Waals surface area contributed by atoms with Gasteiger partial charge in [0.15, 0.2) is 5.96 Å². The van der Waals surface area contributed by atoms with E-state index in [0.717, 1.165) is 25.6 Å². The molecule has 0 fully saturated rings. The van der Waals surface area contributed by atoms with Crippen LogP contribution < -0.4 is 10.6 Å². The molecule has 1 aromatic rings. The normalized spacial score (nSPS) is 17.4. The van der Waals surface area contributed by atoms with Gasteiger partial charge in [0.1, 0.15) is 0 Å². The van der Waals surface area contributed by atoms with Gasteiger partial charge in [-0.3, -0.25) is 9.89 Å². The first-order valence-electron chi connectivity index (χ1n) is 8.81. The van der Waals surface area contributed by atoms with E-state index in [1.165, 1.54) is 17.5 Å². The average Bonchev–Trinajstić information content (AvgIpc) is 2.49. The predicted octanol–water partition coefficient (Wildman–Crippen LogP) is 2.61. The third kappa shape index (κ3) is 4.71. The van der Waals surface area contributed by atoms with Crippen LogP contribution in [0.1, 0.15) is 44.7 Å². The lowest BCUT2D eigenvalue weighted by atomic mass is 9.78. The van der Waals surface area contributed by atoms with Crippen LogP contribution in [0.5, 0.6) is 0 Å². The second kappa shape index (κ2) is 8.34. The van der Waals surface area contributed by atoms with Gasteiger partial charge in [0.05, 0.1) is 0 Å². The highest BCUT2D eigenvalue weighted by Crippen LogP contribution is 2.33. The fourth-order valence-electron chi connectivity index (χ4n) is 3.40. The van der Waals surface area contributed by atoms with Crippen molar-refractivity contribution >= 4 is 5.96 Å². The van der Waals surface area contributed by atoms with Gasteiger partial charge in [-0.05, 0) is 45.2 Å². The van der Waals surface area contributed by atoms with Crippen LogP contribution in [0.15, 0.2) is 29.3 Å². The summed E-state index contributed by atoms with van der Waals surface area (Å²) in [5.41, 5.74) is 2.98. The Bertz CT molecular complexity index is 514. The molecule has 0 aromatic heterocycles. The molecule has 1 aliphatic rings. The fourth-order valence-corrected chi connectivity index (χ4v) is 3.40. The molecule has 23 heavy (non-hydrogen) atoms. The molecule has 0 saturated heterocycles. The van der Waals surface area contributed by atoms with E-state index >= 15 is 0 Å². The highest BCUT2D eigenvalue weighted by molar-refractivity contribution is 5.79. The van der Waals surface area contributed by atoms with E-state index in [2.05, 4.69) is 72.5 Å². The molecule has 0 heterocycles. The number of guanidine groups is 1. The van der Waals surface area contributed by atoms with E-state index in [-0.39, 0.29) is 0 Å². The fraction of sp³-hybridized carbons (Fsp3) is 0.632. The molecule has 4 nitrogen and oxygen atoms in total. The van der Waals surface area contributed by atoms with Crippen LogP contribution in [0.2, 0.25) is 0 Å². The number of benzene rings is 1. The van der Waals surface area contributed by atoms with Gasteiger partial charge in [-0.25, -0.2) is 0 Å². The van der Waals surface area contributed by atoms with Crippen molar-refractivity contribution in [3.8, 4) is 0 Å². The van der Waals surface area contributed by atoms with E-state index in [0.29, 0.717) is 18.0 Å². The first-order valence-corrected chi connectivity index (χ1v) is 8.81. The van der Waals surface area contributed by atoms with Crippen molar-refractivity contribution in [2.45, 2.75) is 52.1 Å². The van der Waals surface area contributed by atoms with Gasteiger partial charge >= 0.3 is 0 Å². The van der Waals surface area contributed by atoms with Crippen molar-refractivity contribution in [1.29, 1.82) is 0 Å². The van der Waals surface area contributed by atoms with Gasteiger partial charge in [-0.2, -0.15) is 0 Å². The maximum Gasteiger partial charge on any atom is 0.191 e. The molecule has 0 aliphatic heterocycles. The minimum Gasteiger partial charge on any atom is -0.356 e. The Labute approximate surface area is 141 Å². The lowest BCUT2D eigenvalue weighted by Gasteiger charge is -2.32. The van der Waals surface area contributed by atoms with Crippen molar-refractivity contribution in [1.82, 2.24) is 15.5 Å². The zero-order valence-corrected chi connectivity index (χ0v) is 15.3. The van der Waals surface area contributed by atoms with Crippen LogP contribution in [0.25, 0.3) is 0 Å². The van der Waals surface area contributed by atoms with Gasteiger partial charge < -0.3 is 10.6 Å². The maximum absolute atomic E-state index is 4.34. The second-order valence-corrected chi connectivity index (χ2v) is 6.91. The molecule has 128 valence electrons. The maximum atomic E-state index is 4.34. The third-order valence-corrected chi connectivity index (χ3v) is 4.69. The molecule has 1 aliphatic carbocycles. The Morgan fingerprint density at radius 1 is 1.17 bits per heavy atom. The summed E-state index contributed by atoms with van der Waals surface area (Å²) < 4.78 is 0. The first-order chi connectivity index (χ1) is 11.0. The van der Waals surface area contributed by atoms with E-state index in [9.17, 15) is 0 Å². The Kier molecular flexibility index (Phi) is 6.46. The van der Waals surface area contributed by atoms with Gasteiger partial charge in [-0.1, -0.05) is 24.3 Å². The smallest absolute Gasteiger partial charge is 0.191 e. The van der Waals surface area contributed by atoms with Crippen molar-refractivity contribution in [2.24, 2.45) is 4.99 Å². The molecule has 2 rings (SSSR count). The van der Waals surface area contributed by atoms with Crippen molar-refractivity contribution in [3.63, 3.8) is 0 Å². The van der Waals surface area contributed by atoms with E-state index in [1.807, 2.05) is 7.05 Å². The zero-order valence-electron chi connectivity index (χ0n) is 15.3. The molecular weight excluding hydrogens is 284 g/mol. The molecule has 2 N–H and O–H groups in total. The van der Waals surface area contributed by atoms with E-state index < -0.39 is 0 Å². The largest absolute Gasteiger partial charge is 0.356 e. The summed E-state index contributed by atoms with van der Waals surface area (Å²) in [7, 11) is 1.84. The number of rotatable bonds is 7. The SMILES string of the molecule is CN=C(NCCN(C(C)C)C(C)C)NCC1Cc2ccccc21. The summed E-state index contributed by atoms with van der Waals surface area (Å²) in [4.78, 5) is 6.83. The quantitative estimate of drug-likeness (QED) is 0.600. The minimum atomic E-state index is 0.568. The monoisotopic (exact) mass is 316 g/mol. The molecule has 1 atom stereocenters. The summed E-state index contributed by atoms with van der Waals surface area (Å²) in [6.45, 7) is 11.9. The van der Waals surface area contributed by atoms with Crippen LogP contribution in [0.3, 0.4) is 0 Å². The van der Waals surface area contributed by atoms with E-state index in [1.54, 1.807) is 0 Å². The molecular formula is C19H32N4. The summed E-state index contributed by atoms with van der Waals surface area (Å²) in [5.74, 6) is 1.52. The highest BCUT2D eigenvalue weighted by atomic mass is 15.2. The lowest BCUT2D eigenvalue weighted by Crippen LogP contribution is -2.46. The summed E-state index contributed by atoms with van der Waals surface area (Å²) in [5, 5.41) is 6.90. The average molecular weight is 316 g/mol. The van der Waals surface area contributed by atoms with Crippen LogP contribution in [0.4, 0.5) is 0 Å². The standard InChI is InChI=1S/C19H32N4/c1-14(2)23(15(3)4)11-10-21-19(20-5)22-13-17-12-16-8-6-7-9-18(16)17/h6-9,14-15,17H,10-13H2,1-5H3,(H2,20,21,22). The van der Waals surface area contributed by atoms with Crippen LogP contribution in [0, 0.1) is 0 Å². The van der Waals surface area contributed by atoms with Gasteiger partial charge in [0.2, 0.25) is 0 Å². The molecule has 4 heteroatoms. The highest BCUT2D eigenvalue weighted by Gasteiger charge is 2.25. The van der Waals surface area contributed by atoms with Crippen LogP contribution >= 0.6 is 0 Å². The Morgan fingerprint density at radius 3 is 2.48 bits per heavy atom. The molecule has 1 aromatic carbocycles. The Morgan fingerprint density at radius 2 is 1.87 bits per heavy atom. The van der Waals surface area contributed by atoms with Crippen LogP contribution in [-0.2, 0) is 6.42 Å². The summed E-state index contributed by atoms with van der Waals surface area (Å²) in [6.07, 6.45) is 1.18. The number of aliphatic imine (C=N–C) groups is 1. The molecule has 1 unspecified atom stereocenters. The lowest BCUT2D eigenvalue weighted by molar-refractivity contribution is 0.178. The summed E-state index contributed by atoms with van der Waals surface area (Å²) >= 11 is 0. The second-order valence-electron chi connectivity index (χ2n) is 6.91. The van der Waals surface area contributed by atoms with Crippen molar-refractivity contribution in [3.05, 3.63) is 35.4 Å². The molecule has 0 spiro atoms. The molecule has 0 saturated carbocycles. The van der Waals surface area contributed by atoms with Crippen molar-refractivity contribution < 1.29 is 0 Å². The van der Waals surface area contributed by atoms with Crippen molar-refractivity contribution in [2.75, 3.05) is 26.7 Å². The van der Waals surface area contributed by atoms with Gasteiger partial charge in [0, 0.05) is 44.7 Å². The predicted molar refractivity (Wildman–Crippen MR) is 99.2 cm³/mol. The summed E-state index contributed by atoms with van der Waals surface area (Å²) in [6, 6.07) is 9.86. The topological polar surface area (TPSA) is 39.7 Å². The number of hydrogen-bond donors (Lipinski definition) is 2. The van der Waals surface area contributed by atoms with Crippen LogP contribution in [-0.4, -0.2) is 49.6 Å². The number of nitrogens with zero attached hydrogens (tertiary/aromatic N) is 2. The van der Waals surface area contributed by atoms with E-state index in [4.69, 9.17) is 0 Å². The third-order valence-electron chi connectivity index (χ3n) is 4.69. The van der Waals surface area contributed by atoms with Gasteiger partial charge in [-0.15, -0.1) is 0 Å². The molecule has 0 radical (unpaired) electrons. The Hall–Kier alpha value is -1.55. The van der Waals surface area contributed by atoms with Gasteiger partial charge in [0.25, 0.3) is 0 Å². The molecule has 0 amide bonds.